The van der Waals surface area contributed by atoms with Crippen LogP contribution in [0.3, 0.4) is 0 Å². The third-order valence-electron chi connectivity index (χ3n) is 4.40. The first kappa shape index (κ1) is 18.1. The average Bonchev–Trinajstić information content (AvgIpc) is 3.07. The van der Waals surface area contributed by atoms with Crippen LogP contribution in [-0.4, -0.2) is 46.9 Å². The molecule has 0 saturated carbocycles. The lowest BCUT2D eigenvalue weighted by Gasteiger charge is -2.10. The molecule has 1 atom stereocenters. The summed E-state index contributed by atoms with van der Waals surface area (Å²) in [5.74, 6) is -0.165. The second kappa shape index (κ2) is 6.91. The van der Waals surface area contributed by atoms with Crippen LogP contribution in [0, 0.1) is 13.8 Å². The summed E-state index contributed by atoms with van der Waals surface area (Å²) in [5.41, 5.74) is 4.96. The van der Waals surface area contributed by atoms with Crippen LogP contribution in [0.5, 0.6) is 5.75 Å². The van der Waals surface area contributed by atoms with Gasteiger partial charge in [-0.3, -0.25) is 9.48 Å². The van der Waals surface area contributed by atoms with Crippen molar-refractivity contribution in [2.24, 2.45) is 5.10 Å². The van der Waals surface area contributed by atoms with Crippen molar-refractivity contribution in [2.75, 3.05) is 11.5 Å². The van der Waals surface area contributed by atoms with Crippen molar-refractivity contribution < 1.29 is 18.3 Å². The molecule has 1 aromatic heterocycles. The fourth-order valence-electron chi connectivity index (χ4n) is 3.05. The molecule has 3 rings (SSSR count). The number of nitrogens with one attached hydrogen (secondary N) is 1. The minimum Gasteiger partial charge on any atom is -0.508 e. The molecular formula is C17H20N4O4S. The fraction of sp³-hybridized carbons (Fsp3) is 0.353. The number of benzene rings is 1. The van der Waals surface area contributed by atoms with E-state index in [2.05, 4.69) is 15.6 Å². The zero-order chi connectivity index (χ0) is 18.9. The first-order chi connectivity index (χ1) is 12.3. The maximum absolute atomic E-state index is 12.0. The van der Waals surface area contributed by atoms with Gasteiger partial charge in [-0.05, 0) is 38.5 Å². The summed E-state index contributed by atoms with van der Waals surface area (Å²) in [6.07, 6.45) is 2.05. The van der Waals surface area contributed by atoms with E-state index in [1.807, 2.05) is 13.8 Å². The number of aromatic hydroxyl groups is 1. The van der Waals surface area contributed by atoms with Crippen LogP contribution in [0.1, 0.15) is 39.8 Å². The maximum atomic E-state index is 12.0. The van der Waals surface area contributed by atoms with E-state index in [1.165, 1.54) is 18.3 Å². The lowest BCUT2D eigenvalue weighted by atomic mass is 10.2. The van der Waals surface area contributed by atoms with E-state index in [1.54, 1.807) is 16.8 Å². The van der Waals surface area contributed by atoms with Gasteiger partial charge in [0.05, 0.1) is 29.5 Å². The quantitative estimate of drug-likeness (QED) is 0.617. The van der Waals surface area contributed by atoms with Crippen LogP contribution in [0.2, 0.25) is 0 Å². The fourth-order valence-corrected chi connectivity index (χ4v) is 4.75. The number of rotatable bonds is 4. The molecule has 1 aromatic carbocycles. The Balaban J connectivity index is 1.74. The van der Waals surface area contributed by atoms with Crippen molar-refractivity contribution in [1.82, 2.24) is 15.2 Å². The molecule has 9 heteroatoms. The van der Waals surface area contributed by atoms with Crippen LogP contribution >= 0.6 is 0 Å². The number of nitrogens with zero attached hydrogens (tertiary/aromatic N) is 3. The van der Waals surface area contributed by atoms with Crippen molar-refractivity contribution in [3.63, 3.8) is 0 Å². The normalized spacial score (nSPS) is 19.1. The minimum absolute atomic E-state index is 0.00103. The number of carbonyl (C=O) groups is 1. The number of phenolic OH excluding ortho intramolecular Hbond substituents is 1. The predicted octanol–water partition coefficient (Wildman–Crippen LogP) is 1.33. The molecule has 26 heavy (non-hydrogen) atoms. The molecule has 138 valence electrons. The summed E-state index contributed by atoms with van der Waals surface area (Å²) in [6, 6.07) is 5.80. The van der Waals surface area contributed by atoms with Gasteiger partial charge in [0.1, 0.15) is 5.75 Å². The van der Waals surface area contributed by atoms with Gasteiger partial charge < -0.3 is 5.11 Å². The number of aryl methyl sites for hydroxylation is 1. The molecule has 0 radical (unpaired) electrons. The van der Waals surface area contributed by atoms with E-state index in [0.717, 1.165) is 11.3 Å². The first-order valence-corrected chi connectivity index (χ1v) is 9.97. The monoisotopic (exact) mass is 376 g/mol. The van der Waals surface area contributed by atoms with E-state index in [0.29, 0.717) is 17.7 Å². The zero-order valence-corrected chi connectivity index (χ0v) is 15.3. The van der Waals surface area contributed by atoms with E-state index < -0.39 is 15.7 Å². The standard InChI is InChI=1S/C17H20N4O4S/c1-11-16(9-18-19-17(23)13-4-3-5-15(22)8-13)12(2)21(20-11)14-6-7-26(24,25)10-14/h3-5,8-9,14,22H,6-7,10H2,1-2H3,(H,19,23)/b18-9-/t14-/m0/s1. The number of hydrogen-bond donors (Lipinski definition) is 2. The number of phenols is 1. The van der Waals surface area contributed by atoms with Gasteiger partial charge in [-0.2, -0.15) is 10.2 Å². The molecule has 1 aliphatic heterocycles. The molecule has 0 bridgehead atoms. The lowest BCUT2D eigenvalue weighted by molar-refractivity contribution is 0.0954. The SMILES string of the molecule is Cc1nn([C@H]2CCS(=O)(=O)C2)c(C)c1/C=N\NC(=O)c1cccc(O)c1. The van der Waals surface area contributed by atoms with Crippen LogP contribution < -0.4 is 5.43 Å². The Morgan fingerprint density at radius 1 is 1.42 bits per heavy atom. The molecular weight excluding hydrogens is 356 g/mol. The molecule has 2 aromatic rings. The highest BCUT2D eigenvalue weighted by Crippen LogP contribution is 2.26. The van der Waals surface area contributed by atoms with Gasteiger partial charge in [0.2, 0.25) is 0 Å². The average molecular weight is 376 g/mol. The van der Waals surface area contributed by atoms with Gasteiger partial charge in [0.25, 0.3) is 5.91 Å². The minimum atomic E-state index is -3.00. The molecule has 1 amide bonds. The Bertz CT molecular complexity index is 979. The van der Waals surface area contributed by atoms with Crippen LogP contribution in [0.15, 0.2) is 29.4 Å². The molecule has 2 heterocycles. The Labute approximate surface area is 151 Å². The van der Waals surface area contributed by atoms with Gasteiger partial charge >= 0.3 is 0 Å². The molecule has 2 N–H and O–H groups in total. The van der Waals surface area contributed by atoms with Gasteiger partial charge in [-0.25, -0.2) is 13.8 Å². The highest BCUT2D eigenvalue weighted by molar-refractivity contribution is 7.91. The van der Waals surface area contributed by atoms with Crippen LogP contribution in [0.4, 0.5) is 0 Å². The summed E-state index contributed by atoms with van der Waals surface area (Å²) in [6.45, 7) is 3.66. The Morgan fingerprint density at radius 2 is 2.19 bits per heavy atom. The Kier molecular flexibility index (Phi) is 4.82. The Morgan fingerprint density at radius 3 is 2.85 bits per heavy atom. The van der Waals surface area contributed by atoms with Gasteiger partial charge in [-0.1, -0.05) is 6.07 Å². The number of hydrogen-bond acceptors (Lipinski definition) is 6. The first-order valence-electron chi connectivity index (χ1n) is 8.15. The highest BCUT2D eigenvalue weighted by atomic mass is 32.2. The molecule has 0 unspecified atom stereocenters. The van der Waals surface area contributed by atoms with E-state index in [9.17, 15) is 18.3 Å². The summed E-state index contributed by atoms with van der Waals surface area (Å²) in [7, 11) is -3.00. The second-order valence-electron chi connectivity index (χ2n) is 6.34. The van der Waals surface area contributed by atoms with Crippen molar-refractivity contribution in [1.29, 1.82) is 0 Å². The number of sulfone groups is 1. The smallest absolute Gasteiger partial charge is 0.271 e. The van der Waals surface area contributed by atoms with Crippen LogP contribution in [0.25, 0.3) is 0 Å². The van der Waals surface area contributed by atoms with Gasteiger partial charge in [-0.15, -0.1) is 0 Å². The Hall–Kier alpha value is -2.68. The molecule has 0 spiro atoms. The molecule has 8 nitrogen and oxygen atoms in total. The zero-order valence-electron chi connectivity index (χ0n) is 14.5. The predicted molar refractivity (Wildman–Crippen MR) is 97.2 cm³/mol. The maximum Gasteiger partial charge on any atom is 0.271 e. The topological polar surface area (TPSA) is 114 Å². The number of hydrazone groups is 1. The lowest BCUT2D eigenvalue weighted by Crippen LogP contribution is -2.17. The van der Waals surface area contributed by atoms with E-state index in [4.69, 9.17) is 0 Å². The summed E-state index contributed by atoms with van der Waals surface area (Å²) >= 11 is 0. The molecule has 1 fully saturated rings. The van der Waals surface area contributed by atoms with Crippen LogP contribution in [-0.2, 0) is 9.84 Å². The largest absolute Gasteiger partial charge is 0.508 e. The van der Waals surface area contributed by atoms with Crippen molar-refractivity contribution in [2.45, 2.75) is 26.3 Å². The molecule has 1 aliphatic rings. The van der Waals surface area contributed by atoms with Gasteiger partial charge in [0, 0.05) is 16.8 Å². The number of amides is 1. The highest BCUT2D eigenvalue weighted by Gasteiger charge is 2.31. The third-order valence-corrected chi connectivity index (χ3v) is 6.15. The number of aromatic nitrogens is 2. The summed E-state index contributed by atoms with van der Waals surface area (Å²) in [5, 5.41) is 17.8. The van der Waals surface area contributed by atoms with E-state index in [-0.39, 0.29) is 23.3 Å². The molecule has 0 aliphatic carbocycles. The van der Waals surface area contributed by atoms with Crippen molar-refractivity contribution in [3.05, 3.63) is 46.8 Å². The second-order valence-corrected chi connectivity index (χ2v) is 8.56. The summed E-state index contributed by atoms with van der Waals surface area (Å²) in [4.78, 5) is 12.0. The van der Waals surface area contributed by atoms with Crippen molar-refractivity contribution >= 4 is 22.0 Å². The van der Waals surface area contributed by atoms with E-state index >= 15 is 0 Å². The van der Waals surface area contributed by atoms with Gasteiger partial charge in [0.15, 0.2) is 9.84 Å². The number of carbonyl (C=O) groups excluding carboxylic acids is 1. The third kappa shape index (κ3) is 3.77. The molecule has 1 saturated heterocycles. The summed E-state index contributed by atoms with van der Waals surface area (Å²) < 4.78 is 25.1. The van der Waals surface area contributed by atoms with Crippen molar-refractivity contribution in [3.8, 4) is 5.75 Å².